The van der Waals surface area contributed by atoms with Gasteiger partial charge in [0.05, 0.1) is 0 Å². The van der Waals surface area contributed by atoms with Crippen molar-refractivity contribution in [1.82, 2.24) is 10.1 Å². The molecule has 2 aromatic rings. The van der Waals surface area contributed by atoms with E-state index in [0.29, 0.717) is 18.1 Å². The zero-order valence-corrected chi connectivity index (χ0v) is 10.9. The highest BCUT2D eigenvalue weighted by Crippen LogP contribution is 2.12. The van der Waals surface area contributed by atoms with E-state index >= 15 is 0 Å². The largest absolute Gasteiger partial charge is 0.456 e. The van der Waals surface area contributed by atoms with E-state index in [4.69, 9.17) is 9.26 Å². The van der Waals surface area contributed by atoms with Crippen molar-refractivity contribution in [2.24, 2.45) is 0 Å². The molecule has 0 saturated carbocycles. The van der Waals surface area contributed by atoms with Crippen molar-refractivity contribution in [2.45, 2.75) is 32.8 Å². The van der Waals surface area contributed by atoms with Gasteiger partial charge >= 0.3 is 5.97 Å². The molecule has 6 heteroatoms. The maximum Gasteiger partial charge on any atom is 0.306 e. The summed E-state index contributed by atoms with van der Waals surface area (Å²) in [5, 5.41) is 5.65. The SMILES string of the molecule is Cc1noc(COC(=O)CCCc2cccs2)n1. The third-order valence-electron chi connectivity index (χ3n) is 2.31. The second-order valence-corrected chi connectivity index (χ2v) is 4.86. The fraction of sp³-hybridized carbons (Fsp3) is 0.417. The van der Waals surface area contributed by atoms with Gasteiger partial charge in [0.15, 0.2) is 12.4 Å². The molecule has 0 saturated heterocycles. The Hall–Kier alpha value is -1.69. The lowest BCUT2D eigenvalue weighted by atomic mass is 10.2. The Balaban J connectivity index is 1.63. The quantitative estimate of drug-likeness (QED) is 0.752. The first-order valence-corrected chi connectivity index (χ1v) is 6.59. The number of carbonyl (C=O) groups excluding carboxylic acids is 1. The molecule has 0 aliphatic carbocycles. The molecule has 0 radical (unpaired) electrons. The summed E-state index contributed by atoms with van der Waals surface area (Å²) in [7, 11) is 0. The molecule has 0 unspecified atom stereocenters. The molecule has 0 fully saturated rings. The fourth-order valence-electron chi connectivity index (χ4n) is 1.47. The predicted octanol–water partition coefficient (Wildman–Crippen LogP) is 2.51. The third-order valence-corrected chi connectivity index (χ3v) is 3.25. The van der Waals surface area contributed by atoms with Crippen molar-refractivity contribution in [3.8, 4) is 0 Å². The van der Waals surface area contributed by atoms with Crippen molar-refractivity contribution in [3.05, 3.63) is 34.1 Å². The summed E-state index contributed by atoms with van der Waals surface area (Å²) < 4.78 is 9.87. The number of carbonyl (C=O) groups is 1. The molecule has 2 heterocycles. The molecule has 0 amide bonds. The number of esters is 1. The van der Waals surface area contributed by atoms with Gasteiger partial charge in [-0.25, -0.2) is 0 Å². The van der Waals surface area contributed by atoms with E-state index in [2.05, 4.69) is 16.2 Å². The summed E-state index contributed by atoms with van der Waals surface area (Å²) in [6, 6.07) is 4.08. The minimum Gasteiger partial charge on any atom is -0.456 e. The van der Waals surface area contributed by atoms with Gasteiger partial charge < -0.3 is 9.26 Å². The molecule has 0 aliphatic heterocycles. The number of hydrogen-bond acceptors (Lipinski definition) is 6. The van der Waals surface area contributed by atoms with Crippen LogP contribution in [-0.4, -0.2) is 16.1 Å². The van der Waals surface area contributed by atoms with E-state index in [1.165, 1.54) is 4.88 Å². The molecule has 2 aromatic heterocycles. The average Bonchev–Trinajstić information content (AvgIpc) is 2.98. The van der Waals surface area contributed by atoms with E-state index in [1.54, 1.807) is 18.3 Å². The Morgan fingerprint density at radius 2 is 2.44 bits per heavy atom. The highest BCUT2D eigenvalue weighted by atomic mass is 32.1. The molecule has 0 bridgehead atoms. The van der Waals surface area contributed by atoms with Crippen LogP contribution in [0.25, 0.3) is 0 Å². The second-order valence-electron chi connectivity index (χ2n) is 3.83. The van der Waals surface area contributed by atoms with Crippen molar-refractivity contribution in [1.29, 1.82) is 0 Å². The summed E-state index contributed by atoms with van der Waals surface area (Å²) in [4.78, 5) is 16.7. The van der Waals surface area contributed by atoms with Crippen molar-refractivity contribution < 1.29 is 14.1 Å². The number of ether oxygens (including phenoxy) is 1. The molecule has 96 valence electrons. The number of aryl methyl sites for hydroxylation is 2. The predicted molar refractivity (Wildman–Crippen MR) is 66.1 cm³/mol. The summed E-state index contributed by atoms with van der Waals surface area (Å²) >= 11 is 1.70. The van der Waals surface area contributed by atoms with Crippen LogP contribution in [-0.2, 0) is 22.6 Å². The molecule has 0 aromatic carbocycles. The minimum atomic E-state index is -0.234. The van der Waals surface area contributed by atoms with Gasteiger partial charge in [-0.2, -0.15) is 4.98 Å². The van der Waals surface area contributed by atoms with Crippen LogP contribution >= 0.6 is 11.3 Å². The molecule has 0 N–H and O–H groups in total. The van der Waals surface area contributed by atoms with Crippen molar-refractivity contribution in [3.63, 3.8) is 0 Å². The van der Waals surface area contributed by atoms with Crippen LogP contribution in [0.2, 0.25) is 0 Å². The first kappa shape index (κ1) is 12.8. The number of hydrogen-bond donors (Lipinski definition) is 0. The molecule has 5 nitrogen and oxygen atoms in total. The monoisotopic (exact) mass is 266 g/mol. The minimum absolute atomic E-state index is 0.0542. The average molecular weight is 266 g/mol. The van der Waals surface area contributed by atoms with E-state index in [0.717, 1.165) is 12.8 Å². The Bertz CT molecular complexity index is 493. The molecule has 2 rings (SSSR count). The highest BCUT2D eigenvalue weighted by molar-refractivity contribution is 7.09. The molecular formula is C12H14N2O3S. The van der Waals surface area contributed by atoms with Gasteiger partial charge in [0.2, 0.25) is 0 Å². The summed E-state index contributed by atoms with van der Waals surface area (Å²) in [6.45, 7) is 1.77. The third kappa shape index (κ3) is 3.96. The fourth-order valence-corrected chi connectivity index (χ4v) is 2.23. The normalized spacial score (nSPS) is 10.5. The molecule has 18 heavy (non-hydrogen) atoms. The Morgan fingerprint density at radius 1 is 1.56 bits per heavy atom. The van der Waals surface area contributed by atoms with Gasteiger partial charge in [-0.3, -0.25) is 4.79 Å². The van der Waals surface area contributed by atoms with Crippen LogP contribution in [0, 0.1) is 6.92 Å². The zero-order valence-electron chi connectivity index (χ0n) is 10.1. The standard InChI is InChI=1S/C12H14N2O3S/c1-9-13-11(17-14-9)8-16-12(15)6-2-4-10-5-3-7-18-10/h3,5,7H,2,4,6,8H2,1H3. The molecule has 0 atom stereocenters. The maximum atomic E-state index is 11.4. The number of aromatic nitrogens is 2. The number of nitrogens with zero attached hydrogens (tertiary/aromatic N) is 2. The molecule has 0 aliphatic rings. The van der Waals surface area contributed by atoms with Crippen LogP contribution in [0.3, 0.4) is 0 Å². The number of rotatable bonds is 6. The summed E-state index contributed by atoms with van der Waals surface area (Å²) in [5.41, 5.74) is 0. The second kappa shape index (κ2) is 6.30. The van der Waals surface area contributed by atoms with Gasteiger partial charge in [0.25, 0.3) is 5.89 Å². The lowest BCUT2D eigenvalue weighted by molar-refractivity contribution is -0.145. The summed E-state index contributed by atoms with van der Waals surface area (Å²) in [5.74, 6) is 0.639. The lowest BCUT2D eigenvalue weighted by Gasteiger charge is -2.01. The maximum absolute atomic E-state index is 11.4. The van der Waals surface area contributed by atoms with E-state index < -0.39 is 0 Å². The van der Waals surface area contributed by atoms with Gasteiger partial charge in [-0.1, -0.05) is 11.2 Å². The first-order valence-electron chi connectivity index (χ1n) is 5.71. The van der Waals surface area contributed by atoms with Crippen LogP contribution in [0.4, 0.5) is 0 Å². The molecule has 0 spiro atoms. The van der Waals surface area contributed by atoms with E-state index in [1.807, 2.05) is 11.4 Å². The van der Waals surface area contributed by atoms with Crippen molar-refractivity contribution in [2.75, 3.05) is 0 Å². The van der Waals surface area contributed by atoms with E-state index in [9.17, 15) is 4.79 Å². The smallest absolute Gasteiger partial charge is 0.306 e. The van der Waals surface area contributed by atoms with Gasteiger partial charge in [-0.15, -0.1) is 11.3 Å². The van der Waals surface area contributed by atoms with E-state index in [-0.39, 0.29) is 12.6 Å². The van der Waals surface area contributed by atoms with Crippen LogP contribution in [0.1, 0.15) is 29.4 Å². The molecular weight excluding hydrogens is 252 g/mol. The van der Waals surface area contributed by atoms with Crippen LogP contribution < -0.4 is 0 Å². The number of thiophene rings is 1. The Kier molecular flexibility index (Phi) is 4.46. The van der Waals surface area contributed by atoms with Crippen LogP contribution in [0.15, 0.2) is 22.0 Å². The Labute approximate surface area is 109 Å². The highest BCUT2D eigenvalue weighted by Gasteiger charge is 2.07. The van der Waals surface area contributed by atoms with Gasteiger partial charge in [0.1, 0.15) is 0 Å². The lowest BCUT2D eigenvalue weighted by Crippen LogP contribution is -2.05. The van der Waals surface area contributed by atoms with Gasteiger partial charge in [0, 0.05) is 11.3 Å². The van der Waals surface area contributed by atoms with Crippen LogP contribution in [0.5, 0.6) is 0 Å². The summed E-state index contributed by atoms with van der Waals surface area (Å²) in [6.07, 6.45) is 2.11. The first-order chi connectivity index (χ1) is 8.74. The zero-order chi connectivity index (χ0) is 12.8. The van der Waals surface area contributed by atoms with Crippen molar-refractivity contribution >= 4 is 17.3 Å². The topological polar surface area (TPSA) is 65.2 Å². The van der Waals surface area contributed by atoms with Gasteiger partial charge in [-0.05, 0) is 31.2 Å². The Morgan fingerprint density at radius 3 is 3.11 bits per heavy atom.